The number of pyridine rings is 1. The molecule has 1 aliphatic heterocycles. The van der Waals surface area contributed by atoms with Crippen LogP contribution < -0.4 is 5.32 Å². The number of hydrogen-bond acceptors (Lipinski definition) is 5. The summed E-state index contributed by atoms with van der Waals surface area (Å²) in [7, 11) is 0. The van der Waals surface area contributed by atoms with Gasteiger partial charge in [0, 0.05) is 23.5 Å². The Balaban J connectivity index is 1.73. The van der Waals surface area contributed by atoms with Crippen molar-refractivity contribution >= 4 is 74.3 Å². The lowest BCUT2D eigenvalue weighted by molar-refractivity contribution is 0.0804. The summed E-state index contributed by atoms with van der Waals surface area (Å²) in [5.41, 5.74) is 3.42. The van der Waals surface area contributed by atoms with Gasteiger partial charge in [-0.05, 0) is 58.8 Å². The topological polar surface area (TPSA) is 52.0 Å². The Morgan fingerprint density at radius 1 is 1.33 bits per heavy atom. The summed E-state index contributed by atoms with van der Waals surface area (Å²) in [4.78, 5) is 9.48. The average molecular weight is 583 g/mol. The van der Waals surface area contributed by atoms with Crippen LogP contribution in [0, 0.1) is 0 Å². The monoisotopic (exact) mass is 582 g/mol. The van der Waals surface area contributed by atoms with Crippen molar-refractivity contribution in [3.63, 3.8) is 0 Å². The van der Waals surface area contributed by atoms with E-state index in [2.05, 4.69) is 27.4 Å². The Hall–Kier alpha value is -0.740. The number of thioether (sulfide) groups is 1. The van der Waals surface area contributed by atoms with E-state index in [0.29, 0.717) is 22.8 Å². The van der Waals surface area contributed by atoms with Gasteiger partial charge in [-0.1, -0.05) is 17.7 Å². The second kappa shape index (κ2) is 9.81. The standard InChI is InChI=1S/C19H19ClF2IN4OPS/c1-30-14-7-10(11-3-2-6-28-9-11)4-5-12(14)24-13-8-15(20)25-18-16(13)26-19(17(21)22)27(18)29-23/h4-5,7-8,11,17,29H,2-3,6,9H2,1H3,(H,24,25). The van der Waals surface area contributed by atoms with Crippen molar-refractivity contribution in [3.05, 3.63) is 40.8 Å². The van der Waals surface area contributed by atoms with Gasteiger partial charge in [0.25, 0.3) is 6.43 Å². The van der Waals surface area contributed by atoms with Gasteiger partial charge >= 0.3 is 0 Å². The highest BCUT2D eigenvalue weighted by atomic mass is 127. The number of ether oxygens (including phenoxy) is 1. The van der Waals surface area contributed by atoms with E-state index in [-0.39, 0.29) is 17.4 Å². The summed E-state index contributed by atoms with van der Waals surface area (Å²) >= 11 is 9.87. The predicted octanol–water partition coefficient (Wildman–Crippen LogP) is 7.17. The van der Waals surface area contributed by atoms with Gasteiger partial charge in [-0.25, -0.2) is 18.7 Å². The minimum Gasteiger partial charge on any atom is -0.381 e. The largest absolute Gasteiger partial charge is 0.381 e. The Bertz CT molecular complexity index is 1060. The molecule has 11 heteroatoms. The quantitative estimate of drug-likeness (QED) is 0.145. The van der Waals surface area contributed by atoms with Crippen molar-refractivity contribution in [1.82, 2.24) is 14.3 Å². The van der Waals surface area contributed by atoms with Crippen molar-refractivity contribution in [2.24, 2.45) is 0 Å². The van der Waals surface area contributed by atoms with Gasteiger partial charge in [0.1, 0.15) is 10.7 Å². The summed E-state index contributed by atoms with van der Waals surface area (Å²) in [6.07, 6.45) is 1.55. The molecule has 3 aromatic rings. The molecule has 2 atom stereocenters. The van der Waals surface area contributed by atoms with Crippen LogP contribution in [-0.2, 0) is 4.74 Å². The molecule has 0 aliphatic carbocycles. The molecular weight excluding hydrogens is 564 g/mol. The first kappa shape index (κ1) is 22.5. The van der Waals surface area contributed by atoms with E-state index in [9.17, 15) is 8.78 Å². The molecule has 30 heavy (non-hydrogen) atoms. The first-order valence-electron chi connectivity index (χ1n) is 9.28. The minimum atomic E-state index is -2.69. The SMILES string of the molecule is CSc1cc(C2CCCOC2)ccc1Nc1cc(Cl)nc2c1nc(C(F)F)n2PI. The highest BCUT2D eigenvalue weighted by molar-refractivity contribution is 14.2. The first-order chi connectivity index (χ1) is 14.5. The minimum absolute atomic E-state index is 0.0379. The van der Waals surface area contributed by atoms with E-state index < -0.39 is 6.43 Å². The summed E-state index contributed by atoms with van der Waals surface area (Å²) in [6, 6.07) is 7.90. The maximum Gasteiger partial charge on any atom is 0.295 e. The molecule has 1 aromatic carbocycles. The van der Waals surface area contributed by atoms with Gasteiger partial charge in [0.15, 0.2) is 11.5 Å². The van der Waals surface area contributed by atoms with Gasteiger partial charge in [-0.3, -0.25) is 4.34 Å². The Morgan fingerprint density at radius 2 is 2.17 bits per heavy atom. The van der Waals surface area contributed by atoms with Gasteiger partial charge < -0.3 is 10.1 Å². The van der Waals surface area contributed by atoms with Gasteiger partial charge in [-0.15, -0.1) is 11.8 Å². The van der Waals surface area contributed by atoms with Crippen LogP contribution in [0.4, 0.5) is 20.2 Å². The number of rotatable bonds is 6. The summed E-state index contributed by atoms with van der Waals surface area (Å²) in [5, 5.41) is 3.57. The Morgan fingerprint density at radius 3 is 2.83 bits per heavy atom. The highest BCUT2D eigenvalue weighted by Crippen LogP contribution is 2.39. The molecule has 0 saturated carbocycles. The molecule has 4 rings (SSSR count). The first-order valence-corrected chi connectivity index (χ1v) is 14.9. The van der Waals surface area contributed by atoms with Crippen molar-refractivity contribution in [2.75, 3.05) is 24.8 Å². The van der Waals surface area contributed by atoms with Gasteiger partial charge in [-0.2, -0.15) is 0 Å². The number of benzene rings is 1. The molecule has 5 nitrogen and oxygen atoms in total. The van der Waals surface area contributed by atoms with E-state index >= 15 is 0 Å². The normalized spacial score (nSPS) is 17.5. The smallest absolute Gasteiger partial charge is 0.295 e. The summed E-state index contributed by atoms with van der Waals surface area (Å²) < 4.78 is 34.0. The van der Waals surface area contributed by atoms with Crippen LogP contribution in [0.2, 0.25) is 5.15 Å². The van der Waals surface area contributed by atoms with Crippen LogP contribution >= 0.6 is 51.8 Å². The van der Waals surface area contributed by atoms with Crippen LogP contribution in [0.25, 0.3) is 11.2 Å². The Labute approximate surface area is 197 Å². The fraction of sp³-hybridized carbons (Fsp3) is 0.368. The van der Waals surface area contributed by atoms with Crippen molar-refractivity contribution < 1.29 is 13.5 Å². The number of halogens is 4. The maximum absolute atomic E-state index is 13.5. The molecule has 0 amide bonds. The second-order valence-corrected chi connectivity index (χ2v) is 10.2. The predicted molar refractivity (Wildman–Crippen MR) is 130 cm³/mol. The van der Waals surface area contributed by atoms with Crippen LogP contribution in [0.3, 0.4) is 0 Å². The molecule has 2 unspecified atom stereocenters. The number of fused-ring (bicyclic) bond motifs is 1. The van der Waals surface area contributed by atoms with Crippen molar-refractivity contribution in [2.45, 2.75) is 30.1 Å². The third kappa shape index (κ3) is 4.55. The molecule has 0 spiro atoms. The molecule has 1 saturated heterocycles. The third-order valence-corrected chi connectivity index (χ3v) is 8.05. The molecule has 1 aliphatic rings. The maximum atomic E-state index is 13.5. The number of hydrogen-bond donors (Lipinski definition) is 1. The second-order valence-electron chi connectivity index (χ2n) is 6.85. The lowest BCUT2D eigenvalue weighted by atomic mass is 9.93. The fourth-order valence-electron chi connectivity index (χ4n) is 3.57. The van der Waals surface area contributed by atoms with Crippen LogP contribution in [0.1, 0.15) is 36.6 Å². The molecule has 3 heterocycles. The number of alkyl halides is 2. The third-order valence-electron chi connectivity index (χ3n) is 5.02. The molecular formula is C19H19ClF2IN4OPS. The highest BCUT2D eigenvalue weighted by Gasteiger charge is 2.23. The molecule has 2 aromatic heterocycles. The number of aromatic nitrogens is 3. The number of nitrogens with zero attached hydrogens (tertiary/aromatic N) is 3. The summed E-state index contributed by atoms with van der Waals surface area (Å²) in [6.45, 7) is 1.57. The zero-order chi connectivity index (χ0) is 21.3. The molecule has 1 fully saturated rings. The van der Waals surface area contributed by atoms with Crippen LogP contribution in [0.15, 0.2) is 29.2 Å². The van der Waals surface area contributed by atoms with Crippen LogP contribution in [0.5, 0.6) is 0 Å². The lowest BCUT2D eigenvalue weighted by Crippen LogP contribution is -2.15. The van der Waals surface area contributed by atoms with Crippen LogP contribution in [-0.4, -0.2) is 33.8 Å². The number of nitrogens with one attached hydrogen (secondary N) is 1. The zero-order valence-electron chi connectivity index (χ0n) is 16.0. The Kier molecular flexibility index (Phi) is 7.34. The van der Waals surface area contributed by atoms with Gasteiger partial charge in [0.2, 0.25) is 0 Å². The fourth-order valence-corrected chi connectivity index (χ4v) is 6.25. The molecule has 160 valence electrons. The zero-order valence-corrected chi connectivity index (χ0v) is 20.7. The molecule has 1 N–H and O–H groups in total. The lowest BCUT2D eigenvalue weighted by Gasteiger charge is -2.23. The number of imidazole rings is 1. The van der Waals surface area contributed by atoms with Gasteiger partial charge in [0.05, 0.1) is 24.4 Å². The summed E-state index contributed by atoms with van der Waals surface area (Å²) in [5.74, 6) is 0.100. The molecule has 0 bridgehead atoms. The average Bonchev–Trinajstić information content (AvgIpc) is 3.13. The van der Waals surface area contributed by atoms with E-state index in [1.54, 1.807) is 17.8 Å². The van der Waals surface area contributed by atoms with E-state index in [0.717, 1.165) is 36.6 Å². The number of anilines is 2. The van der Waals surface area contributed by atoms with E-state index in [1.807, 2.05) is 34.4 Å². The molecule has 0 radical (unpaired) electrons. The van der Waals surface area contributed by atoms with E-state index in [4.69, 9.17) is 16.3 Å². The van der Waals surface area contributed by atoms with E-state index in [1.165, 1.54) is 9.90 Å². The van der Waals surface area contributed by atoms with Crippen molar-refractivity contribution in [1.29, 1.82) is 0 Å². The van der Waals surface area contributed by atoms with Crippen molar-refractivity contribution in [3.8, 4) is 0 Å².